The van der Waals surface area contributed by atoms with Crippen LogP contribution in [-0.2, 0) is 11.2 Å². The predicted octanol–water partition coefficient (Wildman–Crippen LogP) is 1.41. The Morgan fingerprint density at radius 1 is 1.27 bits per heavy atom. The van der Waals surface area contributed by atoms with Crippen molar-refractivity contribution < 1.29 is 9.90 Å². The topological polar surface area (TPSA) is 89.2 Å². The molecule has 120 valence electrons. The van der Waals surface area contributed by atoms with Crippen molar-refractivity contribution in [1.29, 1.82) is 0 Å². The van der Waals surface area contributed by atoms with Gasteiger partial charge in [0, 0.05) is 20.0 Å². The number of likely N-dealkylation sites (N-methyl/N-ethyl adjacent to an activating group) is 1. The Morgan fingerprint density at radius 3 is 2.64 bits per heavy atom. The molecule has 6 heteroatoms. The maximum absolute atomic E-state index is 12.0. The zero-order valence-electron chi connectivity index (χ0n) is 13.3. The van der Waals surface area contributed by atoms with E-state index in [1.807, 2.05) is 18.2 Å². The first-order valence-electron chi connectivity index (χ1n) is 7.42. The molecule has 3 N–H and O–H groups in total. The summed E-state index contributed by atoms with van der Waals surface area (Å²) in [5.41, 5.74) is 1.56. The van der Waals surface area contributed by atoms with E-state index in [0.717, 1.165) is 29.4 Å². The van der Waals surface area contributed by atoms with E-state index in [-0.39, 0.29) is 11.6 Å². The number of nitrogens with one attached hydrogen (secondary N) is 2. The molecular weight excluding hydrogens is 282 g/mol. The molecule has 0 saturated heterocycles. The van der Waals surface area contributed by atoms with E-state index in [2.05, 4.69) is 9.97 Å². The molecule has 0 spiro atoms. The van der Waals surface area contributed by atoms with Crippen LogP contribution in [0.15, 0.2) is 23.0 Å². The Bertz CT molecular complexity index is 709. The summed E-state index contributed by atoms with van der Waals surface area (Å²) in [6.45, 7) is 3.69. The summed E-state index contributed by atoms with van der Waals surface area (Å²) in [5, 5.41) is 9.72. The van der Waals surface area contributed by atoms with E-state index < -0.39 is 5.60 Å². The number of aromatic amines is 2. The van der Waals surface area contributed by atoms with E-state index >= 15 is 0 Å². The van der Waals surface area contributed by atoms with Crippen LogP contribution in [0, 0.1) is 0 Å². The molecule has 1 aromatic carbocycles. The molecule has 0 aliphatic heterocycles. The number of hydrogen-bond acceptors (Lipinski definition) is 3. The van der Waals surface area contributed by atoms with Gasteiger partial charge in [0.1, 0.15) is 0 Å². The van der Waals surface area contributed by atoms with E-state index in [0.29, 0.717) is 13.0 Å². The maximum atomic E-state index is 12.0. The van der Waals surface area contributed by atoms with Crippen LogP contribution in [0.3, 0.4) is 0 Å². The van der Waals surface area contributed by atoms with Gasteiger partial charge in [-0.3, -0.25) is 4.79 Å². The van der Waals surface area contributed by atoms with Crippen LogP contribution in [-0.4, -0.2) is 45.1 Å². The molecule has 2 rings (SSSR count). The molecule has 0 bridgehead atoms. The lowest BCUT2D eigenvalue weighted by Crippen LogP contribution is -2.39. The van der Waals surface area contributed by atoms with Crippen molar-refractivity contribution in [3.8, 4) is 0 Å². The number of H-pyrrole nitrogens is 2. The number of carbonyl (C=O) groups is 1. The van der Waals surface area contributed by atoms with Crippen molar-refractivity contribution >= 4 is 16.9 Å². The number of amides is 1. The Kier molecular flexibility index (Phi) is 4.71. The van der Waals surface area contributed by atoms with Crippen LogP contribution in [0.2, 0.25) is 0 Å². The number of carbonyl (C=O) groups excluding carboxylic acids is 1. The quantitative estimate of drug-likeness (QED) is 0.754. The van der Waals surface area contributed by atoms with E-state index in [1.54, 1.807) is 25.8 Å². The van der Waals surface area contributed by atoms with Crippen LogP contribution in [0.1, 0.15) is 32.3 Å². The highest BCUT2D eigenvalue weighted by atomic mass is 16.3. The Morgan fingerprint density at radius 2 is 1.95 bits per heavy atom. The van der Waals surface area contributed by atoms with Gasteiger partial charge in [-0.1, -0.05) is 6.07 Å². The molecule has 1 aromatic heterocycles. The van der Waals surface area contributed by atoms with Crippen molar-refractivity contribution in [2.75, 3.05) is 13.6 Å². The first-order chi connectivity index (χ1) is 10.2. The van der Waals surface area contributed by atoms with Gasteiger partial charge in [-0.15, -0.1) is 0 Å². The summed E-state index contributed by atoms with van der Waals surface area (Å²) in [6.07, 6.45) is 1.94. The van der Waals surface area contributed by atoms with E-state index in [9.17, 15) is 14.7 Å². The molecule has 1 heterocycles. The largest absolute Gasteiger partial charge is 0.389 e. The second kappa shape index (κ2) is 6.36. The number of aryl methyl sites for hydroxylation is 1. The SMILES string of the molecule is CN(CC(C)(C)O)C(=O)CCCc1ccc2[nH]c(=O)[nH]c2c1. The molecule has 6 nitrogen and oxygen atoms in total. The lowest BCUT2D eigenvalue weighted by atomic mass is 10.1. The molecule has 1 amide bonds. The summed E-state index contributed by atoms with van der Waals surface area (Å²) in [4.78, 5) is 30.2. The highest BCUT2D eigenvalue weighted by Crippen LogP contribution is 2.13. The van der Waals surface area contributed by atoms with Gasteiger partial charge in [-0.05, 0) is 44.4 Å². The van der Waals surface area contributed by atoms with Crippen LogP contribution < -0.4 is 5.69 Å². The number of benzene rings is 1. The molecule has 0 aliphatic carbocycles. The fourth-order valence-electron chi connectivity index (χ4n) is 2.54. The molecule has 0 atom stereocenters. The van der Waals surface area contributed by atoms with Crippen LogP contribution in [0.4, 0.5) is 0 Å². The van der Waals surface area contributed by atoms with E-state index in [4.69, 9.17) is 0 Å². The lowest BCUT2D eigenvalue weighted by molar-refractivity contribution is -0.132. The first-order valence-corrected chi connectivity index (χ1v) is 7.42. The lowest BCUT2D eigenvalue weighted by Gasteiger charge is -2.25. The number of aromatic nitrogens is 2. The van der Waals surface area contributed by atoms with Gasteiger partial charge in [-0.2, -0.15) is 0 Å². The normalized spacial score (nSPS) is 11.8. The van der Waals surface area contributed by atoms with Gasteiger partial charge in [-0.25, -0.2) is 4.79 Å². The molecule has 0 aliphatic rings. The molecule has 0 fully saturated rings. The van der Waals surface area contributed by atoms with Crippen molar-refractivity contribution in [3.63, 3.8) is 0 Å². The Hall–Kier alpha value is -2.08. The van der Waals surface area contributed by atoms with E-state index in [1.165, 1.54) is 0 Å². The molecule has 0 unspecified atom stereocenters. The predicted molar refractivity (Wildman–Crippen MR) is 85.8 cm³/mol. The van der Waals surface area contributed by atoms with Crippen molar-refractivity contribution in [2.45, 2.75) is 38.7 Å². The summed E-state index contributed by atoms with van der Waals surface area (Å²) < 4.78 is 0. The summed E-state index contributed by atoms with van der Waals surface area (Å²) in [5.74, 6) is 0.0262. The molecule has 22 heavy (non-hydrogen) atoms. The van der Waals surface area contributed by atoms with Crippen molar-refractivity contribution in [2.24, 2.45) is 0 Å². The van der Waals surface area contributed by atoms with Crippen LogP contribution >= 0.6 is 0 Å². The van der Waals surface area contributed by atoms with Crippen LogP contribution in [0.25, 0.3) is 11.0 Å². The number of rotatable bonds is 6. The maximum Gasteiger partial charge on any atom is 0.323 e. The Balaban J connectivity index is 1.86. The number of fused-ring (bicyclic) bond motifs is 1. The van der Waals surface area contributed by atoms with Crippen molar-refractivity contribution in [1.82, 2.24) is 14.9 Å². The highest BCUT2D eigenvalue weighted by molar-refractivity contribution is 5.76. The molecule has 2 aromatic rings. The van der Waals surface area contributed by atoms with Gasteiger partial charge in [0.15, 0.2) is 0 Å². The number of aliphatic hydroxyl groups is 1. The van der Waals surface area contributed by atoms with Gasteiger partial charge in [0.05, 0.1) is 16.6 Å². The second-order valence-corrected chi connectivity index (χ2v) is 6.37. The van der Waals surface area contributed by atoms with Gasteiger partial charge in [0.2, 0.25) is 5.91 Å². The third kappa shape index (κ3) is 4.46. The number of nitrogens with zero attached hydrogens (tertiary/aromatic N) is 1. The second-order valence-electron chi connectivity index (χ2n) is 6.37. The minimum Gasteiger partial charge on any atom is -0.389 e. The minimum absolute atomic E-state index is 0.0262. The Labute approximate surface area is 129 Å². The molecular formula is C16H23N3O3. The standard InChI is InChI=1S/C16H23N3O3/c1-16(2,22)10-19(3)14(20)6-4-5-11-7-8-12-13(9-11)18-15(21)17-12/h7-9,22H,4-6,10H2,1-3H3,(H2,17,18,21). The minimum atomic E-state index is -0.879. The van der Waals surface area contributed by atoms with Crippen molar-refractivity contribution in [3.05, 3.63) is 34.2 Å². The average Bonchev–Trinajstić information content (AvgIpc) is 2.75. The molecule has 0 saturated carbocycles. The molecule has 0 radical (unpaired) electrons. The highest BCUT2D eigenvalue weighted by Gasteiger charge is 2.18. The van der Waals surface area contributed by atoms with Gasteiger partial charge in [0.25, 0.3) is 0 Å². The fourth-order valence-corrected chi connectivity index (χ4v) is 2.54. The first kappa shape index (κ1) is 16.3. The third-order valence-corrected chi connectivity index (χ3v) is 3.49. The average molecular weight is 305 g/mol. The van der Waals surface area contributed by atoms with Crippen LogP contribution in [0.5, 0.6) is 0 Å². The number of imidazole rings is 1. The zero-order valence-corrected chi connectivity index (χ0v) is 13.3. The zero-order chi connectivity index (χ0) is 16.3. The monoisotopic (exact) mass is 305 g/mol. The summed E-state index contributed by atoms with van der Waals surface area (Å²) in [6, 6.07) is 5.75. The van der Waals surface area contributed by atoms with Gasteiger partial charge < -0.3 is 20.0 Å². The fraction of sp³-hybridized carbons (Fsp3) is 0.500. The summed E-state index contributed by atoms with van der Waals surface area (Å²) in [7, 11) is 1.71. The number of hydrogen-bond donors (Lipinski definition) is 3. The van der Waals surface area contributed by atoms with Gasteiger partial charge >= 0.3 is 5.69 Å². The summed E-state index contributed by atoms with van der Waals surface area (Å²) >= 11 is 0. The smallest absolute Gasteiger partial charge is 0.323 e. The third-order valence-electron chi connectivity index (χ3n) is 3.49.